The van der Waals surface area contributed by atoms with Gasteiger partial charge in [-0.1, -0.05) is 0 Å². The van der Waals surface area contributed by atoms with Crippen molar-refractivity contribution in [2.75, 3.05) is 26.8 Å². The Kier molecular flexibility index (Phi) is 6.79. The quantitative estimate of drug-likeness (QED) is 0.678. The Hall–Kier alpha value is -1.82. The molecule has 0 aliphatic carbocycles. The summed E-state index contributed by atoms with van der Waals surface area (Å²) < 4.78 is 15.1. The van der Waals surface area contributed by atoms with Gasteiger partial charge in [-0.3, -0.25) is 9.69 Å². The van der Waals surface area contributed by atoms with Gasteiger partial charge in [-0.25, -0.2) is 4.79 Å². The van der Waals surface area contributed by atoms with E-state index >= 15 is 0 Å². The number of hydrogen-bond donors (Lipinski definition) is 0. The van der Waals surface area contributed by atoms with Crippen LogP contribution in [0.5, 0.6) is 0 Å². The zero-order valence-corrected chi connectivity index (χ0v) is 12.2. The third-order valence-electron chi connectivity index (χ3n) is 2.66. The smallest absolute Gasteiger partial charge is 0.341 e. The molecule has 0 aliphatic rings. The van der Waals surface area contributed by atoms with E-state index < -0.39 is 5.97 Å². The maximum atomic E-state index is 11.7. The minimum Gasteiger partial charge on any atom is -0.467 e. The zero-order valence-electron chi connectivity index (χ0n) is 12.2. The largest absolute Gasteiger partial charge is 0.467 e. The number of furan rings is 1. The summed E-state index contributed by atoms with van der Waals surface area (Å²) in [5, 5.41) is 0. The van der Waals surface area contributed by atoms with Gasteiger partial charge in [0.2, 0.25) is 0 Å². The lowest BCUT2D eigenvalue weighted by molar-refractivity contribution is -0.143. The van der Waals surface area contributed by atoms with Crippen LogP contribution < -0.4 is 0 Å². The molecule has 1 heterocycles. The van der Waals surface area contributed by atoms with E-state index in [2.05, 4.69) is 0 Å². The van der Waals surface area contributed by atoms with Gasteiger partial charge in [0, 0.05) is 6.54 Å². The van der Waals surface area contributed by atoms with Crippen LogP contribution in [0.1, 0.15) is 36.4 Å². The van der Waals surface area contributed by atoms with Crippen molar-refractivity contribution in [1.82, 2.24) is 4.90 Å². The van der Waals surface area contributed by atoms with Gasteiger partial charge in [-0.2, -0.15) is 0 Å². The standard InChI is InChI=1S/C14H21NO5/c1-4-18-13(16)6-8-15(3)10-12-11(7-9-20-12)14(17)19-5-2/h7,9H,4-6,8,10H2,1-3H3. The van der Waals surface area contributed by atoms with Crippen LogP contribution in [0.2, 0.25) is 0 Å². The highest BCUT2D eigenvalue weighted by Crippen LogP contribution is 2.14. The first-order chi connectivity index (χ1) is 9.58. The molecule has 6 nitrogen and oxygen atoms in total. The summed E-state index contributed by atoms with van der Waals surface area (Å²) in [6.07, 6.45) is 1.76. The van der Waals surface area contributed by atoms with E-state index in [0.29, 0.717) is 44.0 Å². The average molecular weight is 283 g/mol. The highest BCUT2D eigenvalue weighted by Gasteiger charge is 2.17. The van der Waals surface area contributed by atoms with E-state index in [-0.39, 0.29) is 5.97 Å². The van der Waals surface area contributed by atoms with Crippen LogP contribution in [0.15, 0.2) is 16.7 Å². The van der Waals surface area contributed by atoms with Crippen molar-refractivity contribution in [1.29, 1.82) is 0 Å². The van der Waals surface area contributed by atoms with Gasteiger partial charge in [0.25, 0.3) is 0 Å². The highest BCUT2D eigenvalue weighted by atomic mass is 16.5. The Labute approximate surface area is 118 Å². The second-order valence-corrected chi connectivity index (χ2v) is 4.27. The average Bonchev–Trinajstić information content (AvgIpc) is 2.85. The lowest BCUT2D eigenvalue weighted by atomic mass is 10.2. The Morgan fingerprint density at radius 2 is 1.95 bits per heavy atom. The molecule has 0 saturated carbocycles. The molecule has 0 fully saturated rings. The van der Waals surface area contributed by atoms with Gasteiger partial charge < -0.3 is 13.9 Å². The summed E-state index contributed by atoms with van der Waals surface area (Å²) in [6, 6.07) is 1.59. The fraction of sp³-hybridized carbons (Fsp3) is 0.571. The molecule has 0 saturated heterocycles. The highest BCUT2D eigenvalue weighted by molar-refractivity contribution is 5.90. The van der Waals surface area contributed by atoms with Crippen molar-refractivity contribution in [2.24, 2.45) is 0 Å². The van der Waals surface area contributed by atoms with Gasteiger partial charge in [0.15, 0.2) is 0 Å². The summed E-state index contributed by atoms with van der Waals surface area (Å²) in [5.74, 6) is -0.0886. The summed E-state index contributed by atoms with van der Waals surface area (Å²) in [5.41, 5.74) is 0.426. The van der Waals surface area contributed by atoms with Crippen molar-refractivity contribution < 1.29 is 23.5 Å². The molecule has 1 aromatic rings. The number of nitrogens with zero attached hydrogens (tertiary/aromatic N) is 1. The number of rotatable bonds is 8. The lowest BCUT2D eigenvalue weighted by Crippen LogP contribution is -2.23. The molecule has 6 heteroatoms. The fourth-order valence-electron chi connectivity index (χ4n) is 1.69. The second kappa shape index (κ2) is 8.37. The number of esters is 2. The SMILES string of the molecule is CCOC(=O)CCN(C)Cc1occc1C(=O)OCC. The topological polar surface area (TPSA) is 69.0 Å². The maximum absolute atomic E-state index is 11.7. The molecule has 0 spiro atoms. The third kappa shape index (κ3) is 5.05. The molecule has 0 aliphatic heterocycles. The van der Waals surface area contributed by atoms with E-state index in [9.17, 15) is 9.59 Å². The van der Waals surface area contributed by atoms with Crippen molar-refractivity contribution in [3.63, 3.8) is 0 Å². The number of carbonyl (C=O) groups is 2. The molecule has 1 rings (SSSR count). The predicted octanol–water partition coefficient (Wildman–Crippen LogP) is 1.84. The molecule has 0 N–H and O–H groups in total. The maximum Gasteiger partial charge on any atom is 0.341 e. The molecule has 0 radical (unpaired) electrons. The molecular weight excluding hydrogens is 262 g/mol. The first-order valence-electron chi connectivity index (χ1n) is 6.66. The minimum absolute atomic E-state index is 0.232. The Bertz CT molecular complexity index is 441. The van der Waals surface area contributed by atoms with Crippen LogP contribution in [0.4, 0.5) is 0 Å². The third-order valence-corrected chi connectivity index (χ3v) is 2.66. The summed E-state index contributed by atoms with van der Waals surface area (Å²) in [6.45, 7) is 5.19. The van der Waals surface area contributed by atoms with Crippen molar-refractivity contribution >= 4 is 11.9 Å². The Morgan fingerprint density at radius 1 is 1.25 bits per heavy atom. The zero-order chi connectivity index (χ0) is 15.0. The van der Waals surface area contributed by atoms with E-state index in [4.69, 9.17) is 13.9 Å². The molecule has 0 amide bonds. The second-order valence-electron chi connectivity index (χ2n) is 4.27. The van der Waals surface area contributed by atoms with Crippen molar-refractivity contribution in [3.8, 4) is 0 Å². The van der Waals surface area contributed by atoms with Gasteiger partial charge in [0.1, 0.15) is 11.3 Å². The molecule has 0 unspecified atom stereocenters. The van der Waals surface area contributed by atoms with Crippen LogP contribution in [-0.4, -0.2) is 43.6 Å². The first kappa shape index (κ1) is 16.2. The summed E-state index contributed by atoms with van der Waals surface area (Å²) >= 11 is 0. The van der Waals surface area contributed by atoms with Gasteiger partial charge in [-0.15, -0.1) is 0 Å². The van der Waals surface area contributed by atoms with Crippen LogP contribution in [-0.2, 0) is 20.8 Å². The van der Waals surface area contributed by atoms with Gasteiger partial charge in [-0.05, 0) is 27.0 Å². The molecule has 20 heavy (non-hydrogen) atoms. The predicted molar refractivity (Wildman–Crippen MR) is 72.2 cm³/mol. The first-order valence-corrected chi connectivity index (χ1v) is 6.66. The van der Waals surface area contributed by atoms with Crippen LogP contribution >= 0.6 is 0 Å². The van der Waals surface area contributed by atoms with Crippen LogP contribution in [0, 0.1) is 0 Å². The van der Waals surface area contributed by atoms with Gasteiger partial charge in [0.05, 0.1) is 32.4 Å². The molecule has 0 bridgehead atoms. The Morgan fingerprint density at radius 3 is 2.60 bits per heavy atom. The lowest BCUT2D eigenvalue weighted by Gasteiger charge is -2.15. The van der Waals surface area contributed by atoms with Crippen molar-refractivity contribution in [3.05, 3.63) is 23.7 Å². The minimum atomic E-state index is -0.393. The van der Waals surface area contributed by atoms with E-state index in [1.165, 1.54) is 6.26 Å². The molecular formula is C14H21NO5. The van der Waals surface area contributed by atoms with E-state index in [0.717, 1.165) is 0 Å². The molecule has 112 valence electrons. The van der Waals surface area contributed by atoms with Crippen molar-refractivity contribution in [2.45, 2.75) is 26.8 Å². The normalized spacial score (nSPS) is 10.6. The van der Waals surface area contributed by atoms with Crippen LogP contribution in [0.3, 0.4) is 0 Å². The van der Waals surface area contributed by atoms with E-state index in [1.54, 1.807) is 19.9 Å². The summed E-state index contributed by atoms with van der Waals surface area (Å²) in [7, 11) is 1.84. The monoisotopic (exact) mass is 283 g/mol. The number of hydrogen-bond acceptors (Lipinski definition) is 6. The molecule has 0 atom stereocenters. The van der Waals surface area contributed by atoms with E-state index in [1.807, 2.05) is 11.9 Å². The summed E-state index contributed by atoms with van der Waals surface area (Å²) in [4.78, 5) is 24.8. The number of ether oxygens (including phenoxy) is 2. The fourth-order valence-corrected chi connectivity index (χ4v) is 1.69. The molecule has 0 aromatic carbocycles. The number of carbonyl (C=O) groups excluding carboxylic acids is 2. The van der Waals surface area contributed by atoms with Crippen LogP contribution in [0.25, 0.3) is 0 Å². The van der Waals surface area contributed by atoms with Gasteiger partial charge >= 0.3 is 11.9 Å². The Balaban J connectivity index is 2.50. The molecule has 1 aromatic heterocycles.